The summed E-state index contributed by atoms with van der Waals surface area (Å²) in [5, 5.41) is 19.8. The number of aromatic nitrogens is 1. The van der Waals surface area contributed by atoms with Crippen LogP contribution in [0.5, 0.6) is 5.88 Å². The number of para-hydroxylation sites is 1. The van der Waals surface area contributed by atoms with Crippen molar-refractivity contribution in [1.29, 1.82) is 5.26 Å². The zero-order valence-corrected chi connectivity index (χ0v) is 13.7. The maximum atomic E-state index is 13.7. The van der Waals surface area contributed by atoms with Gasteiger partial charge >= 0.3 is 0 Å². The van der Waals surface area contributed by atoms with Crippen LogP contribution in [-0.4, -0.2) is 15.9 Å². The lowest BCUT2D eigenvalue weighted by Crippen LogP contribution is -2.27. The molecule has 5 nitrogen and oxygen atoms in total. The van der Waals surface area contributed by atoms with Crippen LogP contribution in [0.1, 0.15) is 43.0 Å². The van der Waals surface area contributed by atoms with Gasteiger partial charge in [0.05, 0.1) is 11.3 Å². The van der Waals surface area contributed by atoms with Crippen molar-refractivity contribution in [3.63, 3.8) is 0 Å². The topological polar surface area (TPSA) is 78.4 Å². The van der Waals surface area contributed by atoms with Crippen molar-refractivity contribution in [2.75, 3.05) is 0 Å². The monoisotopic (exact) mass is 327 g/mol. The van der Waals surface area contributed by atoms with E-state index in [-0.39, 0.29) is 28.7 Å². The molecule has 1 heterocycles. The molecule has 2 rings (SSSR count). The summed E-state index contributed by atoms with van der Waals surface area (Å²) in [5.74, 6) is -0.771. The van der Waals surface area contributed by atoms with E-state index in [4.69, 9.17) is 0 Å². The van der Waals surface area contributed by atoms with E-state index in [2.05, 4.69) is 4.99 Å². The van der Waals surface area contributed by atoms with Crippen molar-refractivity contribution in [3.8, 4) is 11.9 Å². The fraction of sp³-hybridized carbons (Fsp3) is 0.278. The molecule has 0 aliphatic carbocycles. The molecule has 0 saturated heterocycles. The van der Waals surface area contributed by atoms with Crippen molar-refractivity contribution in [1.82, 2.24) is 4.57 Å². The molecule has 0 aliphatic heterocycles. The summed E-state index contributed by atoms with van der Waals surface area (Å²) >= 11 is 0. The molecule has 1 aromatic heterocycles. The molecule has 1 unspecified atom stereocenters. The van der Waals surface area contributed by atoms with E-state index < -0.39 is 11.4 Å². The maximum Gasteiger partial charge on any atom is 0.271 e. The van der Waals surface area contributed by atoms with E-state index in [0.29, 0.717) is 12.0 Å². The Morgan fingerprint density at radius 1 is 1.46 bits per heavy atom. The molecule has 2 aromatic rings. The Morgan fingerprint density at radius 2 is 2.12 bits per heavy atom. The van der Waals surface area contributed by atoms with Gasteiger partial charge in [-0.15, -0.1) is 0 Å². The molecule has 0 radical (unpaired) electrons. The number of aromatic hydroxyl groups is 1. The smallest absolute Gasteiger partial charge is 0.271 e. The summed E-state index contributed by atoms with van der Waals surface area (Å²) in [6, 6.07) is 7.56. The van der Waals surface area contributed by atoms with Gasteiger partial charge in [-0.3, -0.25) is 14.4 Å². The van der Waals surface area contributed by atoms with E-state index in [0.717, 1.165) is 0 Å². The van der Waals surface area contributed by atoms with Crippen LogP contribution >= 0.6 is 0 Å². The first kappa shape index (κ1) is 17.4. The number of nitrogens with zero attached hydrogens (tertiary/aromatic N) is 3. The second-order valence-electron chi connectivity index (χ2n) is 5.49. The van der Waals surface area contributed by atoms with Gasteiger partial charge in [-0.1, -0.05) is 19.1 Å². The molecule has 1 aromatic carbocycles. The van der Waals surface area contributed by atoms with Crippen LogP contribution in [0, 0.1) is 24.1 Å². The second kappa shape index (κ2) is 7.09. The summed E-state index contributed by atoms with van der Waals surface area (Å²) < 4.78 is 14.9. The third kappa shape index (κ3) is 3.06. The SMILES string of the molecule is CCC(C)n1c(O)c(C=Nc2ccccc2F)c(C)c(C#N)c1=O. The molecule has 0 spiro atoms. The van der Waals surface area contributed by atoms with Gasteiger partial charge in [-0.2, -0.15) is 5.26 Å². The molecule has 24 heavy (non-hydrogen) atoms. The van der Waals surface area contributed by atoms with Crippen LogP contribution in [0.25, 0.3) is 0 Å². The Balaban J connectivity index is 2.68. The Bertz CT molecular complexity index is 894. The van der Waals surface area contributed by atoms with Crippen LogP contribution in [0.15, 0.2) is 34.1 Å². The minimum absolute atomic E-state index is 0.0527. The van der Waals surface area contributed by atoms with Crippen molar-refractivity contribution in [2.45, 2.75) is 33.2 Å². The zero-order chi connectivity index (χ0) is 17.9. The third-order valence-electron chi connectivity index (χ3n) is 4.01. The van der Waals surface area contributed by atoms with Crippen LogP contribution in [0.2, 0.25) is 0 Å². The molecule has 0 bridgehead atoms. The van der Waals surface area contributed by atoms with Gasteiger partial charge in [0.25, 0.3) is 5.56 Å². The van der Waals surface area contributed by atoms with Crippen LogP contribution in [-0.2, 0) is 0 Å². The summed E-state index contributed by atoms with van der Waals surface area (Å²) in [5.41, 5.74) is 0.0680. The molecule has 1 N–H and O–H groups in total. The van der Waals surface area contributed by atoms with E-state index in [1.165, 1.54) is 22.9 Å². The quantitative estimate of drug-likeness (QED) is 0.872. The fourth-order valence-corrected chi connectivity index (χ4v) is 2.38. The van der Waals surface area contributed by atoms with Crippen molar-refractivity contribution >= 4 is 11.9 Å². The summed E-state index contributed by atoms with van der Waals surface area (Å²) in [6.07, 6.45) is 1.88. The lowest BCUT2D eigenvalue weighted by atomic mass is 10.0. The van der Waals surface area contributed by atoms with Gasteiger partial charge < -0.3 is 5.11 Å². The Morgan fingerprint density at radius 3 is 2.71 bits per heavy atom. The third-order valence-corrected chi connectivity index (χ3v) is 4.01. The number of pyridine rings is 1. The fourth-order valence-electron chi connectivity index (χ4n) is 2.38. The van der Waals surface area contributed by atoms with E-state index >= 15 is 0 Å². The molecule has 1 atom stereocenters. The number of rotatable bonds is 4. The van der Waals surface area contributed by atoms with Crippen molar-refractivity contribution in [2.24, 2.45) is 4.99 Å². The van der Waals surface area contributed by atoms with Gasteiger partial charge in [-0.05, 0) is 38.0 Å². The van der Waals surface area contributed by atoms with Gasteiger partial charge in [0.1, 0.15) is 17.4 Å². The predicted octanol–water partition coefficient (Wildman–Crippen LogP) is 3.59. The second-order valence-corrected chi connectivity index (χ2v) is 5.49. The van der Waals surface area contributed by atoms with Crippen LogP contribution < -0.4 is 5.56 Å². The highest BCUT2D eigenvalue weighted by molar-refractivity contribution is 5.87. The maximum absolute atomic E-state index is 13.7. The van der Waals surface area contributed by atoms with Gasteiger partial charge in [0.15, 0.2) is 0 Å². The first-order valence-electron chi connectivity index (χ1n) is 7.59. The summed E-state index contributed by atoms with van der Waals surface area (Å²) in [7, 11) is 0. The highest BCUT2D eigenvalue weighted by Crippen LogP contribution is 2.25. The first-order chi connectivity index (χ1) is 11.4. The number of aliphatic imine (C=N–C) groups is 1. The minimum atomic E-state index is -0.537. The molecule has 0 fully saturated rings. The standard InChI is InChI=1S/C18H18FN3O2/c1-4-11(2)22-17(23)13(9-20)12(3)14(18(22)24)10-21-16-8-6-5-7-15(16)19/h5-8,10-11,24H,4H2,1-3H3. The Labute approximate surface area is 139 Å². The molecule has 0 aliphatic rings. The number of benzene rings is 1. The molecular formula is C18H18FN3O2. The van der Waals surface area contributed by atoms with Crippen LogP contribution in [0.3, 0.4) is 0 Å². The summed E-state index contributed by atoms with van der Waals surface area (Å²) in [6.45, 7) is 5.20. The molecule has 124 valence electrons. The molecular weight excluding hydrogens is 309 g/mol. The summed E-state index contributed by atoms with van der Waals surface area (Å²) in [4.78, 5) is 16.4. The van der Waals surface area contributed by atoms with E-state index in [9.17, 15) is 19.6 Å². The Hall–Kier alpha value is -2.94. The highest BCUT2D eigenvalue weighted by Gasteiger charge is 2.20. The minimum Gasteiger partial charge on any atom is -0.494 e. The molecule has 0 amide bonds. The number of halogens is 1. The van der Waals surface area contributed by atoms with Gasteiger partial charge in [0, 0.05) is 12.3 Å². The lowest BCUT2D eigenvalue weighted by molar-refractivity contribution is 0.372. The lowest BCUT2D eigenvalue weighted by Gasteiger charge is -2.18. The number of hydrogen-bond acceptors (Lipinski definition) is 4. The zero-order valence-electron chi connectivity index (χ0n) is 13.7. The van der Waals surface area contributed by atoms with Gasteiger partial charge in [0.2, 0.25) is 5.88 Å². The van der Waals surface area contributed by atoms with E-state index in [1.807, 2.05) is 13.0 Å². The predicted molar refractivity (Wildman–Crippen MR) is 90.5 cm³/mol. The largest absolute Gasteiger partial charge is 0.494 e. The number of hydrogen-bond donors (Lipinski definition) is 1. The van der Waals surface area contributed by atoms with Gasteiger partial charge in [-0.25, -0.2) is 4.39 Å². The first-order valence-corrected chi connectivity index (χ1v) is 7.59. The average Bonchev–Trinajstić information content (AvgIpc) is 2.56. The molecule has 0 saturated carbocycles. The highest BCUT2D eigenvalue weighted by atomic mass is 19.1. The van der Waals surface area contributed by atoms with Crippen molar-refractivity contribution in [3.05, 3.63) is 57.1 Å². The van der Waals surface area contributed by atoms with E-state index in [1.54, 1.807) is 26.0 Å². The van der Waals surface area contributed by atoms with Crippen molar-refractivity contribution < 1.29 is 9.50 Å². The normalized spacial score (nSPS) is 12.3. The van der Waals surface area contributed by atoms with Crippen LogP contribution in [0.4, 0.5) is 10.1 Å². The molecule has 6 heteroatoms. The average molecular weight is 327 g/mol. The Kier molecular flexibility index (Phi) is 5.14. The number of nitriles is 1.